The van der Waals surface area contributed by atoms with Crippen LogP contribution in [0.25, 0.3) is 0 Å². The molecule has 0 spiro atoms. The van der Waals surface area contributed by atoms with Crippen molar-refractivity contribution in [3.8, 4) is 0 Å². The van der Waals surface area contributed by atoms with Crippen LogP contribution >= 0.6 is 0 Å². The lowest BCUT2D eigenvalue weighted by molar-refractivity contribution is -0.121. The zero-order valence-corrected chi connectivity index (χ0v) is 13.0. The number of hydrogen-bond donors (Lipinski definition) is 2. The van der Waals surface area contributed by atoms with Gasteiger partial charge in [0.05, 0.1) is 0 Å². The molecule has 1 saturated heterocycles. The third kappa shape index (κ3) is 9.32. The van der Waals surface area contributed by atoms with E-state index in [1.807, 2.05) is 0 Å². The number of hydrazine groups is 1. The normalized spacial score (nSPS) is 16.2. The topological polar surface area (TPSA) is 58.4 Å². The number of likely N-dealkylation sites (tertiary alicyclic amines) is 1. The zero-order valence-electron chi connectivity index (χ0n) is 13.0. The molecule has 20 heavy (non-hydrogen) atoms. The average molecular weight is 283 g/mol. The van der Waals surface area contributed by atoms with E-state index in [1.165, 1.54) is 77.4 Å². The minimum absolute atomic E-state index is 0.0392. The predicted octanol–water partition coefficient (Wildman–Crippen LogP) is 2.97. The van der Waals surface area contributed by atoms with Crippen LogP contribution in [0.4, 0.5) is 0 Å². The van der Waals surface area contributed by atoms with E-state index in [0.29, 0.717) is 6.42 Å². The maximum atomic E-state index is 10.9. The van der Waals surface area contributed by atoms with Crippen LogP contribution in [0, 0.1) is 0 Å². The van der Waals surface area contributed by atoms with E-state index < -0.39 is 0 Å². The van der Waals surface area contributed by atoms with Gasteiger partial charge in [-0.15, -0.1) is 0 Å². The average Bonchev–Trinajstić information content (AvgIpc) is 2.50. The quantitative estimate of drug-likeness (QED) is 0.265. The highest BCUT2D eigenvalue weighted by molar-refractivity contribution is 5.74. The van der Waals surface area contributed by atoms with Gasteiger partial charge in [0.15, 0.2) is 0 Å². The van der Waals surface area contributed by atoms with Crippen molar-refractivity contribution in [1.29, 1.82) is 0 Å². The van der Waals surface area contributed by atoms with Gasteiger partial charge >= 0.3 is 0 Å². The second kappa shape index (κ2) is 12.2. The fourth-order valence-corrected chi connectivity index (χ4v) is 2.94. The summed E-state index contributed by atoms with van der Waals surface area (Å²) in [5, 5.41) is 0. The number of nitrogens with one attached hydrogen (secondary N) is 1. The van der Waals surface area contributed by atoms with Crippen molar-refractivity contribution in [2.75, 3.05) is 19.6 Å². The van der Waals surface area contributed by atoms with Crippen LogP contribution in [-0.4, -0.2) is 30.4 Å². The number of nitrogens with zero attached hydrogens (tertiary/aromatic N) is 1. The monoisotopic (exact) mass is 283 g/mol. The van der Waals surface area contributed by atoms with Crippen molar-refractivity contribution in [3.63, 3.8) is 0 Å². The Bertz CT molecular complexity index is 240. The maximum Gasteiger partial charge on any atom is 0.233 e. The van der Waals surface area contributed by atoms with Gasteiger partial charge in [0.2, 0.25) is 5.91 Å². The molecule has 4 nitrogen and oxygen atoms in total. The summed E-state index contributed by atoms with van der Waals surface area (Å²) >= 11 is 0. The molecule has 1 rings (SSSR count). The molecule has 0 aromatic rings. The first-order valence-corrected chi connectivity index (χ1v) is 8.55. The number of unbranched alkanes of at least 4 members (excludes halogenated alkanes) is 7. The van der Waals surface area contributed by atoms with Crippen LogP contribution in [-0.2, 0) is 4.79 Å². The number of piperidine rings is 1. The Balaban J connectivity index is 1.75. The third-order valence-electron chi connectivity index (χ3n) is 4.24. The third-order valence-corrected chi connectivity index (χ3v) is 4.24. The molecular weight excluding hydrogens is 250 g/mol. The molecule has 0 aromatic heterocycles. The van der Waals surface area contributed by atoms with Crippen LogP contribution in [0.1, 0.15) is 77.0 Å². The lowest BCUT2D eigenvalue weighted by Crippen LogP contribution is -2.30. The summed E-state index contributed by atoms with van der Waals surface area (Å²) in [5.41, 5.74) is 2.17. The summed E-state index contributed by atoms with van der Waals surface area (Å²) < 4.78 is 0. The zero-order chi connectivity index (χ0) is 14.5. The van der Waals surface area contributed by atoms with E-state index in [-0.39, 0.29) is 5.91 Å². The highest BCUT2D eigenvalue weighted by Gasteiger charge is 2.08. The molecule has 0 radical (unpaired) electrons. The molecule has 0 bridgehead atoms. The number of nitrogens with two attached hydrogens (primary N) is 1. The van der Waals surface area contributed by atoms with E-state index >= 15 is 0 Å². The highest BCUT2D eigenvalue weighted by atomic mass is 16.2. The SMILES string of the molecule is NNC(=O)CCCCCCCCCCN1CCCCC1. The number of carbonyl (C=O) groups is 1. The summed E-state index contributed by atoms with van der Waals surface area (Å²) in [5.74, 6) is 4.99. The summed E-state index contributed by atoms with van der Waals surface area (Å²) in [6, 6.07) is 0. The molecule has 0 aromatic carbocycles. The Morgan fingerprint density at radius 2 is 1.40 bits per heavy atom. The molecule has 0 unspecified atom stereocenters. The molecule has 4 heteroatoms. The molecule has 1 fully saturated rings. The molecule has 1 amide bonds. The van der Waals surface area contributed by atoms with Crippen LogP contribution < -0.4 is 11.3 Å². The van der Waals surface area contributed by atoms with Gasteiger partial charge in [0.1, 0.15) is 0 Å². The van der Waals surface area contributed by atoms with Gasteiger partial charge in [0, 0.05) is 6.42 Å². The van der Waals surface area contributed by atoms with E-state index in [9.17, 15) is 4.79 Å². The Labute approximate surface area is 124 Å². The summed E-state index contributed by atoms with van der Waals surface area (Å²) in [7, 11) is 0. The minimum Gasteiger partial charge on any atom is -0.303 e. The van der Waals surface area contributed by atoms with Gasteiger partial charge in [-0.25, -0.2) is 5.84 Å². The first-order valence-electron chi connectivity index (χ1n) is 8.55. The Hall–Kier alpha value is -0.610. The van der Waals surface area contributed by atoms with Crippen molar-refractivity contribution in [1.82, 2.24) is 10.3 Å². The van der Waals surface area contributed by atoms with Gasteiger partial charge in [-0.1, -0.05) is 44.9 Å². The molecule has 1 aliphatic rings. The largest absolute Gasteiger partial charge is 0.303 e. The van der Waals surface area contributed by atoms with Crippen molar-refractivity contribution >= 4 is 5.91 Å². The van der Waals surface area contributed by atoms with Gasteiger partial charge in [0.25, 0.3) is 0 Å². The molecule has 1 heterocycles. The lowest BCUT2D eigenvalue weighted by Gasteiger charge is -2.26. The first kappa shape index (κ1) is 17.4. The van der Waals surface area contributed by atoms with Crippen LogP contribution in [0.15, 0.2) is 0 Å². The van der Waals surface area contributed by atoms with Gasteiger partial charge in [-0.05, 0) is 45.3 Å². The fourth-order valence-electron chi connectivity index (χ4n) is 2.94. The Morgan fingerprint density at radius 3 is 2.00 bits per heavy atom. The minimum atomic E-state index is -0.0392. The molecule has 118 valence electrons. The lowest BCUT2D eigenvalue weighted by atomic mass is 10.1. The van der Waals surface area contributed by atoms with Crippen LogP contribution in [0.3, 0.4) is 0 Å². The highest BCUT2D eigenvalue weighted by Crippen LogP contribution is 2.12. The van der Waals surface area contributed by atoms with Crippen molar-refractivity contribution in [2.24, 2.45) is 5.84 Å². The smallest absolute Gasteiger partial charge is 0.233 e. The Kier molecular flexibility index (Phi) is 10.6. The fraction of sp³-hybridized carbons (Fsp3) is 0.938. The Morgan fingerprint density at radius 1 is 0.850 bits per heavy atom. The molecular formula is C16H33N3O. The number of carbonyl (C=O) groups excluding carboxylic acids is 1. The second-order valence-electron chi connectivity index (χ2n) is 6.05. The molecule has 3 N–H and O–H groups in total. The van der Waals surface area contributed by atoms with Crippen LogP contribution in [0.5, 0.6) is 0 Å². The molecule has 0 aliphatic carbocycles. The number of rotatable bonds is 11. The second-order valence-corrected chi connectivity index (χ2v) is 6.05. The maximum absolute atomic E-state index is 10.9. The predicted molar refractivity (Wildman–Crippen MR) is 84.2 cm³/mol. The van der Waals surface area contributed by atoms with E-state index in [2.05, 4.69) is 10.3 Å². The standard InChI is InChI=1S/C16H33N3O/c17-18-16(20)12-8-5-3-1-2-4-6-9-13-19-14-10-7-11-15-19/h1-15,17H2,(H,18,20). The van der Waals surface area contributed by atoms with E-state index in [4.69, 9.17) is 5.84 Å². The van der Waals surface area contributed by atoms with Gasteiger partial charge < -0.3 is 4.90 Å². The van der Waals surface area contributed by atoms with Gasteiger partial charge in [-0.3, -0.25) is 10.2 Å². The number of amides is 1. The molecule has 1 aliphatic heterocycles. The molecule has 0 atom stereocenters. The van der Waals surface area contributed by atoms with Crippen molar-refractivity contribution in [2.45, 2.75) is 77.0 Å². The van der Waals surface area contributed by atoms with E-state index in [1.54, 1.807) is 0 Å². The van der Waals surface area contributed by atoms with Crippen LogP contribution in [0.2, 0.25) is 0 Å². The summed E-state index contributed by atoms with van der Waals surface area (Å²) in [4.78, 5) is 13.5. The van der Waals surface area contributed by atoms with Crippen molar-refractivity contribution in [3.05, 3.63) is 0 Å². The van der Waals surface area contributed by atoms with Crippen molar-refractivity contribution < 1.29 is 4.79 Å². The summed E-state index contributed by atoms with van der Waals surface area (Å²) in [6.07, 6.45) is 15.0. The number of hydrogen-bond acceptors (Lipinski definition) is 3. The van der Waals surface area contributed by atoms with Gasteiger partial charge in [-0.2, -0.15) is 0 Å². The molecule has 0 saturated carbocycles. The van der Waals surface area contributed by atoms with E-state index in [0.717, 1.165) is 12.8 Å². The summed E-state index contributed by atoms with van der Waals surface area (Å²) in [6.45, 7) is 3.97. The first-order chi connectivity index (χ1) is 9.83.